The number of aryl methyl sites for hydroxylation is 1. The Morgan fingerprint density at radius 3 is 2.71 bits per heavy atom. The third-order valence-electron chi connectivity index (χ3n) is 3.71. The van der Waals surface area contributed by atoms with Gasteiger partial charge in [0.2, 0.25) is 5.91 Å². The second-order valence-electron chi connectivity index (χ2n) is 5.71. The van der Waals surface area contributed by atoms with Gasteiger partial charge in [-0.15, -0.1) is 0 Å². The summed E-state index contributed by atoms with van der Waals surface area (Å²) in [4.78, 5) is 15.9. The van der Waals surface area contributed by atoms with Gasteiger partial charge >= 0.3 is 0 Å². The zero-order valence-electron chi connectivity index (χ0n) is 14.1. The zero-order valence-corrected chi connectivity index (χ0v) is 14.1. The van der Waals surface area contributed by atoms with Crippen LogP contribution >= 0.6 is 0 Å². The number of rotatable bonds is 9. The minimum absolute atomic E-state index is 0.0219. The van der Waals surface area contributed by atoms with Crippen LogP contribution in [-0.2, 0) is 17.8 Å². The van der Waals surface area contributed by atoms with E-state index in [1.165, 1.54) is 0 Å². The van der Waals surface area contributed by atoms with E-state index < -0.39 is 0 Å². The van der Waals surface area contributed by atoms with Gasteiger partial charge in [-0.3, -0.25) is 9.78 Å². The molecule has 5 nitrogen and oxygen atoms in total. The van der Waals surface area contributed by atoms with E-state index >= 15 is 0 Å². The molecule has 2 rings (SSSR count). The molecule has 0 spiro atoms. The fraction of sp³-hybridized carbons (Fsp3) is 0.368. The number of anilines is 1. The fourth-order valence-corrected chi connectivity index (χ4v) is 2.26. The highest BCUT2D eigenvalue weighted by atomic mass is 16.5. The maximum atomic E-state index is 11.9. The van der Waals surface area contributed by atoms with Gasteiger partial charge in [0.05, 0.1) is 12.3 Å². The molecular weight excluding hydrogens is 302 g/mol. The highest BCUT2D eigenvalue weighted by molar-refractivity contribution is 5.76. The first-order valence-electron chi connectivity index (χ1n) is 8.36. The Hall–Kier alpha value is -2.56. The number of benzene rings is 1. The van der Waals surface area contributed by atoms with Crippen LogP contribution in [-0.4, -0.2) is 17.5 Å². The minimum atomic E-state index is 0.0219. The maximum Gasteiger partial charge on any atom is 0.220 e. The Balaban J connectivity index is 1.77. The van der Waals surface area contributed by atoms with Crippen molar-refractivity contribution in [2.45, 2.75) is 39.2 Å². The molecule has 0 bridgehead atoms. The number of ether oxygens (including phenoxy) is 1. The van der Waals surface area contributed by atoms with Gasteiger partial charge in [0.25, 0.3) is 0 Å². The lowest BCUT2D eigenvalue weighted by molar-refractivity contribution is -0.121. The number of aromatic nitrogens is 1. The monoisotopic (exact) mass is 327 g/mol. The van der Waals surface area contributed by atoms with E-state index in [0.717, 1.165) is 24.0 Å². The molecule has 0 aliphatic carbocycles. The Morgan fingerprint density at radius 1 is 1.21 bits per heavy atom. The summed E-state index contributed by atoms with van der Waals surface area (Å²) in [5, 5.41) is 2.91. The average Bonchev–Trinajstić information content (AvgIpc) is 2.61. The fourth-order valence-electron chi connectivity index (χ4n) is 2.26. The molecule has 0 saturated carbocycles. The molecule has 128 valence electrons. The van der Waals surface area contributed by atoms with Crippen molar-refractivity contribution in [1.29, 1.82) is 0 Å². The smallest absolute Gasteiger partial charge is 0.220 e. The van der Waals surface area contributed by atoms with Crippen molar-refractivity contribution in [3.8, 4) is 5.75 Å². The molecule has 1 heterocycles. The highest BCUT2D eigenvalue weighted by Gasteiger charge is 2.05. The van der Waals surface area contributed by atoms with Crippen LogP contribution in [0.5, 0.6) is 5.75 Å². The molecule has 3 N–H and O–H groups in total. The number of nitrogens with one attached hydrogen (secondary N) is 1. The van der Waals surface area contributed by atoms with Gasteiger partial charge in [-0.1, -0.05) is 19.4 Å². The largest absolute Gasteiger partial charge is 0.491 e. The summed E-state index contributed by atoms with van der Waals surface area (Å²) in [5.74, 6) is 0.739. The summed E-state index contributed by atoms with van der Waals surface area (Å²) >= 11 is 0. The first-order chi connectivity index (χ1) is 11.7. The minimum Gasteiger partial charge on any atom is -0.491 e. The summed E-state index contributed by atoms with van der Waals surface area (Å²) in [7, 11) is 0. The maximum absolute atomic E-state index is 11.9. The van der Waals surface area contributed by atoms with Crippen molar-refractivity contribution < 1.29 is 9.53 Å². The van der Waals surface area contributed by atoms with Crippen molar-refractivity contribution >= 4 is 11.6 Å². The van der Waals surface area contributed by atoms with E-state index in [-0.39, 0.29) is 5.91 Å². The van der Waals surface area contributed by atoms with Crippen LogP contribution < -0.4 is 15.8 Å². The predicted molar refractivity (Wildman–Crippen MR) is 95.7 cm³/mol. The third-order valence-corrected chi connectivity index (χ3v) is 3.71. The van der Waals surface area contributed by atoms with Gasteiger partial charge in [0.1, 0.15) is 5.75 Å². The molecule has 5 heteroatoms. The van der Waals surface area contributed by atoms with E-state index in [4.69, 9.17) is 10.5 Å². The lowest BCUT2D eigenvalue weighted by Crippen LogP contribution is -2.23. The molecule has 24 heavy (non-hydrogen) atoms. The molecule has 2 aromatic rings. The molecule has 0 atom stereocenters. The Morgan fingerprint density at radius 2 is 2.00 bits per heavy atom. The van der Waals surface area contributed by atoms with Crippen LogP contribution in [0.25, 0.3) is 0 Å². The predicted octanol–water partition coefficient (Wildman–Crippen LogP) is 3.09. The lowest BCUT2D eigenvalue weighted by Gasteiger charge is -2.10. The number of carbonyl (C=O) groups excluding carboxylic acids is 1. The normalized spacial score (nSPS) is 10.4. The Bertz CT molecular complexity index is 644. The van der Waals surface area contributed by atoms with E-state index in [0.29, 0.717) is 37.4 Å². The van der Waals surface area contributed by atoms with Crippen molar-refractivity contribution in [3.05, 3.63) is 53.9 Å². The van der Waals surface area contributed by atoms with Crippen LogP contribution in [0, 0.1) is 0 Å². The summed E-state index contributed by atoms with van der Waals surface area (Å²) in [6, 6.07) is 9.51. The van der Waals surface area contributed by atoms with Gasteiger partial charge in [0, 0.05) is 25.4 Å². The summed E-state index contributed by atoms with van der Waals surface area (Å²) in [6.07, 6.45) is 6.62. The second kappa shape index (κ2) is 9.55. The molecule has 1 amide bonds. The molecule has 0 aliphatic heterocycles. The van der Waals surface area contributed by atoms with Crippen LogP contribution in [0.15, 0.2) is 42.7 Å². The van der Waals surface area contributed by atoms with Crippen molar-refractivity contribution in [3.63, 3.8) is 0 Å². The molecule has 1 aromatic carbocycles. The average molecular weight is 327 g/mol. The number of amides is 1. The molecule has 0 saturated heterocycles. The highest BCUT2D eigenvalue weighted by Crippen LogP contribution is 2.23. The molecule has 0 aliphatic rings. The molecule has 1 aromatic heterocycles. The van der Waals surface area contributed by atoms with Crippen LogP contribution in [0.3, 0.4) is 0 Å². The van der Waals surface area contributed by atoms with Crippen molar-refractivity contribution in [1.82, 2.24) is 10.3 Å². The Labute approximate surface area is 143 Å². The van der Waals surface area contributed by atoms with Gasteiger partial charge < -0.3 is 15.8 Å². The second-order valence-corrected chi connectivity index (χ2v) is 5.71. The van der Waals surface area contributed by atoms with Gasteiger partial charge in [-0.2, -0.15) is 0 Å². The van der Waals surface area contributed by atoms with Gasteiger partial charge in [-0.25, -0.2) is 0 Å². The summed E-state index contributed by atoms with van der Waals surface area (Å²) in [5.41, 5.74) is 8.71. The standard InChI is InChI=1S/C19H25N3O2/c1-2-3-12-24-18-6-4-15(13-17(18)20)5-7-19(23)22-14-16-8-10-21-11-9-16/h4,6,8-11,13H,2-3,5,7,12,14,20H2,1H3,(H,22,23). The third kappa shape index (κ3) is 5.91. The molecular formula is C19H25N3O2. The SMILES string of the molecule is CCCCOc1ccc(CCC(=O)NCc2ccncc2)cc1N. The number of hydrogen-bond acceptors (Lipinski definition) is 4. The number of carbonyl (C=O) groups is 1. The van der Waals surface area contributed by atoms with Crippen molar-refractivity contribution in [2.24, 2.45) is 0 Å². The number of nitrogens with zero attached hydrogens (tertiary/aromatic N) is 1. The van der Waals surface area contributed by atoms with Gasteiger partial charge in [-0.05, 0) is 48.2 Å². The first kappa shape index (κ1) is 17.8. The molecule has 0 unspecified atom stereocenters. The zero-order chi connectivity index (χ0) is 17.2. The Kier molecular flexibility index (Phi) is 7.08. The quantitative estimate of drug-likeness (QED) is 0.548. The lowest BCUT2D eigenvalue weighted by atomic mass is 10.1. The van der Waals surface area contributed by atoms with E-state index in [2.05, 4.69) is 17.2 Å². The van der Waals surface area contributed by atoms with Crippen LogP contribution in [0.1, 0.15) is 37.3 Å². The van der Waals surface area contributed by atoms with Crippen LogP contribution in [0.4, 0.5) is 5.69 Å². The van der Waals surface area contributed by atoms with Crippen molar-refractivity contribution in [2.75, 3.05) is 12.3 Å². The molecule has 0 fully saturated rings. The number of hydrogen-bond donors (Lipinski definition) is 2. The van der Waals surface area contributed by atoms with Gasteiger partial charge in [0.15, 0.2) is 0 Å². The van der Waals surface area contributed by atoms with Crippen LogP contribution in [0.2, 0.25) is 0 Å². The topological polar surface area (TPSA) is 77.2 Å². The molecule has 0 radical (unpaired) electrons. The first-order valence-corrected chi connectivity index (χ1v) is 8.36. The van der Waals surface area contributed by atoms with E-state index in [1.54, 1.807) is 12.4 Å². The number of nitrogens with two attached hydrogens (primary N) is 1. The summed E-state index contributed by atoms with van der Waals surface area (Å²) < 4.78 is 5.64. The number of unbranched alkanes of at least 4 members (excludes halogenated alkanes) is 1. The van der Waals surface area contributed by atoms with E-state index in [1.807, 2.05) is 30.3 Å². The van der Waals surface area contributed by atoms with E-state index in [9.17, 15) is 4.79 Å². The summed E-state index contributed by atoms with van der Waals surface area (Å²) in [6.45, 7) is 3.32. The number of pyridine rings is 1. The number of nitrogen functional groups attached to an aromatic ring is 1.